The molecule has 0 bridgehead atoms. The smallest absolute Gasteiger partial charge is 0.237 e. The fourth-order valence-electron chi connectivity index (χ4n) is 2.32. The van der Waals surface area contributed by atoms with Crippen LogP contribution in [0, 0.1) is 0 Å². The van der Waals surface area contributed by atoms with Gasteiger partial charge in [-0.05, 0) is 32.4 Å². The maximum atomic E-state index is 12.0. The van der Waals surface area contributed by atoms with Crippen LogP contribution in [0.15, 0.2) is 24.3 Å². The molecule has 1 saturated heterocycles. The molecule has 0 unspecified atom stereocenters. The zero-order valence-corrected chi connectivity index (χ0v) is 10.9. The Morgan fingerprint density at radius 2 is 2.28 bits per heavy atom. The minimum Gasteiger partial charge on any atom is -0.496 e. The van der Waals surface area contributed by atoms with Crippen molar-refractivity contribution < 1.29 is 9.53 Å². The van der Waals surface area contributed by atoms with Crippen molar-refractivity contribution in [1.29, 1.82) is 0 Å². The van der Waals surface area contributed by atoms with Crippen LogP contribution < -0.4 is 15.4 Å². The highest BCUT2D eigenvalue weighted by Gasteiger charge is 2.23. The van der Waals surface area contributed by atoms with Gasteiger partial charge in [-0.3, -0.25) is 4.79 Å². The van der Waals surface area contributed by atoms with Gasteiger partial charge in [0, 0.05) is 5.56 Å². The van der Waals surface area contributed by atoms with Crippen molar-refractivity contribution in [2.75, 3.05) is 13.7 Å². The number of hydrogen-bond donors (Lipinski definition) is 2. The summed E-state index contributed by atoms with van der Waals surface area (Å²) in [4.78, 5) is 12.0. The van der Waals surface area contributed by atoms with Gasteiger partial charge in [0.25, 0.3) is 0 Å². The van der Waals surface area contributed by atoms with Crippen molar-refractivity contribution >= 4 is 5.91 Å². The first kappa shape index (κ1) is 12.9. The molecule has 1 aromatic rings. The lowest BCUT2D eigenvalue weighted by atomic mass is 10.1. The van der Waals surface area contributed by atoms with Crippen LogP contribution in [0.3, 0.4) is 0 Å². The fraction of sp³-hybridized carbons (Fsp3) is 0.500. The van der Waals surface area contributed by atoms with Gasteiger partial charge in [-0.2, -0.15) is 0 Å². The molecular formula is C14H20N2O2. The van der Waals surface area contributed by atoms with Gasteiger partial charge in [-0.1, -0.05) is 18.2 Å². The molecule has 2 N–H and O–H groups in total. The summed E-state index contributed by atoms with van der Waals surface area (Å²) in [5.74, 6) is 0.885. The molecule has 0 spiro atoms. The van der Waals surface area contributed by atoms with Gasteiger partial charge >= 0.3 is 0 Å². The van der Waals surface area contributed by atoms with Gasteiger partial charge in [-0.25, -0.2) is 0 Å². The molecule has 1 aliphatic rings. The minimum absolute atomic E-state index is 0.0397. The van der Waals surface area contributed by atoms with Gasteiger partial charge in [0.05, 0.1) is 19.2 Å². The van der Waals surface area contributed by atoms with E-state index in [9.17, 15) is 4.79 Å². The number of carbonyl (C=O) groups excluding carboxylic acids is 1. The van der Waals surface area contributed by atoms with Crippen molar-refractivity contribution in [3.05, 3.63) is 29.8 Å². The van der Waals surface area contributed by atoms with Crippen molar-refractivity contribution in [3.63, 3.8) is 0 Å². The maximum absolute atomic E-state index is 12.0. The van der Waals surface area contributed by atoms with E-state index in [0.717, 1.165) is 30.7 Å². The van der Waals surface area contributed by atoms with E-state index in [4.69, 9.17) is 4.74 Å². The van der Waals surface area contributed by atoms with Gasteiger partial charge in [0.2, 0.25) is 5.91 Å². The highest BCUT2D eigenvalue weighted by Crippen LogP contribution is 2.24. The molecule has 0 radical (unpaired) electrons. The summed E-state index contributed by atoms with van der Waals surface area (Å²) in [5.41, 5.74) is 1.01. The summed E-state index contributed by atoms with van der Waals surface area (Å²) in [6.45, 7) is 2.91. The van der Waals surface area contributed by atoms with Crippen LogP contribution in [0.2, 0.25) is 0 Å². The summed E-state index contributed by atoms with van der Waals surface area (Å²) in [7, 11) is 1.64. The van der Waals surface area contributed by atoms with Crippen molar-refractivity contribution in [3.8, 4) is 5.75 Å². The van der Waals surface area contributed by atoms with E-state index in [2.05, 4.69) is 10.6 Å². The number of rotatable bonds is 4. The average molecular weight is 248 g/mol. The first-order chi connectivity index (χ1) is 8.72. The second-order valence-electron chi connectivity index (χ2n) is 4.62. The molecule has 4 heteroatoms. The summed E-state index contributed by atoms with van der Waals surface area (Å²) < 4.78 is 5.31. The van der Waals surface area contributed by atoms with Crippen LogP contribution in [0.5, 0.6) is 5.75 Å². The Bertz CT molecular complexity index is 414. The van der Waals surface area contributed by atoms with Crippen molar-refractivity contribution in [2.45, 2.75) is 31.8 Å². The number of hydrogen-bond acceptors (Lipinski definition) is 3. The number of carbonyl (C=O) groups is 1. The lowest BCUT2D eigenvalue weighted by Crippen LogP contribution is -2.41. The largest absolute Gasteiger partial charge is 0.496 e. The Morgan fingerprint density at radius 3 is 2.94 bits per heavy atom. The average Bonchev–Trinajstić information content (AvgIpc) is 2.92. The molecule has 2 rings (SSSR count). The predicted molar refractivity (Wildman–Crippen MR) is 70.6 cm³/mol. The van der Waals surface area contributed by atoms with Crippen LogP contribution in [0.1, 0.15) is 31.4 Å². The highest BCUT2D eigenvalue weighted by molar-refractivity contribution is 5.82. The van der Waals surface area contributed by atoms with Crippen LogP contribution in [0.25, 0.3) is 0 Å². The number of nitrogens with one attached hydrogen (secondary N) is 2. The van der Waals surface area contributed by atoms with E-state index in [1.54, 1.807) is 7.11 Å². The van der Waals surface area contributed by atoms with Crippen LogP contribution in [-0.2, 0) is 4.79 Å². The molecule has 1 aromatic carbocycles. The van der Waals surface area contributed by atoms with Crippen molar-refractivity contribution in [1.82, 2.24) is 10.6 Å². The fourth-order valence-corrected chi connectivity index (χ4v) is 2.32. The van der Waals surface area contributed by atoms with Gasteiger partial charge in [0.1, 0.15) is 5.75 Å². The van der Waals surface area contributed by atoms with E-state index < -0.39 is 0 Å². The molecule has 1 fully saturated rings. The number of methoxy groups -OCH3 is 1. The molecule has 0 saturated carbocycles. The van der Waals surface area contributed by atoms with Gasteiger partial charge in [0.15, 0.2) is 0 Å². The summed E-state index contributed by atoms with van der Waals surface area (Å²) in [6.07, 6.45) is 1.99. The molecule has 0 aliphatic carbocycles. The van der Waals surface area contributed by atoms with Crippen molar-refractivity contribution in [2.24, 2.45) is 0 Å². The molecule has 0 aromatic heterocycles. The van der Waals surface area contributed by atoms with E-state index in [1.807, 2.05) is 31.2 Å². The number of amides is 1. The quantitative estimate of drug-likeness (QED) is 0.851. The molecule has 4 nitrogen and oxygen atoms in total. The minimum atomic E-state index is -0.0453. The normalized spacial score (nSPS) is 20.4. The van der Waals surface area contributed by atoms with E-state index in [-0.39, 0.29) is 18.0 Å². The third-order valence-corrected chi connectivity index (χ3v) is 3.34. The third kappa shape index (κ3) is 2.82. The lowest BCUT2D eigenvalue weighted by molar-refractivity contribution is -0.123. The Morgan fingerprint density at radius 1 is 1.50 bits per heavy atom. The van der Waals surface area contributed by atoms with Crippen LogP contribution >= 0.6 is 0 Å². The molecule has 2 atom stereocenters. The first-order valence-corrected chi connectivity index (χ1v) is 6.39. The Labute approximate surface area is 108 Å². The van der Waals surface area contributed by atoms with E-state index in [0.29, 0.717) is 0 Å². The molecular weight excluding hydrogens is 228 g/mol. The Kier molecular flexibility index (Phi) is 4.20. The second kappa shape index (κ2) is 5.87. The number of para-hydroxylation sites is 1. The second-order valence-corrected chi connectivity index (χ2v) is 4.62. The number of benzene rings is 1. The maximum Gasteiger partial charge on any atom is 0.237 e. The van der Waals surface area contributed by atoms with E-state index >= 15 is 0 Å². The summed E-state index contributed by atoms with van der Waals surface area (Å²) >= 11 is 0. The van der Waals surface area contributed by atoms with Gasteiger partial charge in [-0.15, -0.1) is 0 Å². The first-order valence-electron chi connectivity index (χ1n) is 6.39. The monoisotopic (exact) mass is 248 g/mol. The standard InChI is InChI=1S/C14H20N2O2/c1-10(11-6-3-4-8-13(11)18-2)16-14(17)12-7-5-9-15-12/h3-4,6,8,10,12,15H,5,7,9H2,1-2H3,(H,16,17)/t10-,12+/m1/s1. The van der Waals surface area contributed by atoms with Crippen LogP contribution in [-0.4, -0.2) is 25.6 Å². The molecule has 98 valence electrons. The molecule has 1 amide bonds. The highest BCUT2D eigenvalue weighted by atomic mass is 16.5. The Hall–Kier alpha value is -1.55. The zero-order chi connectivity index (χ0) is 13.0. The molecule has 1 aliphatic heterocycles. The summed E-state index contributed by atoms with van der Waals surface area (Å²) in [5, 5.41) is 6.23. The molecule has 18 heavy (non-hydrogen) atoms. The Balaban J connectivity index is 2.02. The lowest BCUT2D eigenvalue weighted by Gasteiger charge is -2.19. The van der Waals surface area contributed by atoms with Gasteiger partial charge < -0.3 is 15.4 Å². The molecule has 1 heterocycles. The SMILES string of the molecule is COc1ccccc1[C@@H](C)NC(=O)[C@@H]1CCCN1. The predicted octanol–water partition coefficient (Wildman–Crippen LogP) is 1.62. The van der Waals surface area contributed by atoms with E-state index in [1.165, 1.54) is 0 Å². The third-order valence-electron chi connectivity index (χ3n) is 3.34. The topological polar surface area (TPSA) is 50.4 Å². The summed E-state index contributed by atoms with van der Waals surface area (Å²) in [6, 6.07) is 7.68. The zero-order valence-electron chi connectivity index (χ0n) is 10.9. The van der Waals surface area contributed by atoms with Crippen LogP contribution in [0.4, 0.5) is 0 Å². The number of ether oxygens (including phenoxy) is 1.